The molecule has 5 nitrogen and oxygen atoms in total. The fourth-order valence-corrected chi connectivity index (χ4v) is 2.07. The third-order valence-corrected chi connectivity index (χ3v) is 2.95. The van der Waals surface area contributed by atoms with Gasteiger partial charge < -0.3 is 5.32 Å². The molecule has 0 aliphatic heterocycles. The molecule has 0 saturated heterocycles. The van der Waals surface area contributed by atoms with Gasteiger partial charge in [-0.3, -0.25) is 9.48 Å². The van der Waals surface area contributed by atoms with Crippen LogP contribution >= 0.6 is 11.3 Å². The summed E-state index contributed by atoms with van der Waals surface area (Å²) in [5.41, 5.74) is 0.680. The second-order valence-corrected chi connectivity index (χ2v) is 4.23. The zero-order chi connectivity index (χ0) is 11.5. The second-order valence-electron chi connectivity index (χ2n) is 3.45. The van der Waals surface area contributed by atoms with E-state index < -0.39 is 0 Å². The van der Waals surface area contributed by atoms with E-state index in [0.29, 0.717) is 5.56 Å². The van der Waals surface area contributed by atoms with Gasteiger partial charge in [-0.15, -0.1) is 0 Å². The van der Waals surface area contributed by atoms with Crippen LogP contribution < -0.4 is 5.32 Å². The van der Waals surface area contributed by atoms with E-state index in [1.165, 1.54) is 17.7 Å². The summed E-state index contributed by atoms with van der Waals surface area (Å²) < 4.78 is 1.65. The highest BCUT2D eigenvalue weighted by Gasteiger charge is 2.15. The van der Waals surface area contributed by atoms with Crippen LogP contribution in [0.5, 0.6) is 0 Å². The minimum atomic E-state index is -0.153. The molecule has 2 aromatic heterocycles. The van der Waals surface area contributed by atoms with Crippen LogP contribution in [0.15, 0.2) is 23.2 Å². The second kappa shape index (κ2) is 4.44. The van der Waals surface area contributed by atoms with Gasteiger partial charge in [0.15, 0.2) is 0 Å². The zero-order valence-electron chi connectivity index (χ0n) is 9.04. The Labute approximate surface area is 97.1 Å². The first-order valence-corrected chi connectivity index (χ1v) is 5.79. The van der Waals surface area contributed by atoms with Crippen LogP contribution in [0.4, 0.5) is 0 Å². The number of nitrogens with one attached hydrogen (secondary N) is 1. The SMILES string of the molecule is C[C@H](NC(=O)c1ccsc1)c1ncnn1C. The monoisotopic (exact) mass is 236 g/mol. The Morgan fingerprint density at radius 2 is 2.44 bits per heavy atom. The predicted octanol–water partition coefficient (Wildman–Crippen LogP) is 1.37. The fraction of sp³-hybridized carbons (Fsp3) is 0.300. The summed E-state index contributed by atoms with van der Waals surface area (Å²) >= 11 is 1.50. The zero-order valence-corrected chi connectivity index (χ0v) is 9.86. The third kappa shape index (κ3) is 2.11. The van der Waals surface area contributed by atoms with Crippen molar-refractivity contribution in [3.63, 3.8) is 0 Å². The Hall–Kier alpha value is -1.69. The molecule has 6 heteroatoms. The molecule has 0 spiro atoms. The van der Waals surface area contributed by atoms with Gasteiger partial charge in [0.25, 0.3) is 5.91 Å². The number of hydrogen-bond acceptors (Lipinski definition) is 4. The van der Waals surface area contributed by atoms with E-state index in [9.17, 15) is 4.79 Å². The minimum absolute atomic E-state index is 0.0863. The Balaban J connectivity index is 2.06. The smallest absolute Gasteiger partial charge is 0.252 e. The van der Waals surface area contributed by atoms with Crippen LogP contribution in [0, 0.1) is 0 Å². The molecule has 0 aliphatic rings. The van der Waals surface area contributed by atoms with Crippen LogP contribution in [0.2, 0.25) is 0 Å². The van der Waals surface area contributed by atoms with Crippen molar-refractivity contribution in [2.75, 3.05) is 0 Å². The number of carbonyl (C=O) groups is 1. The van der Waals surface area contributed by atoms with Gasteiger partial charge >= 0.3 is 0 Å². The molecular weight excluding hydrogens is 224 g/mol. The van der Waals surface area contributed by atoms with Crippen molar-refractivity contribution < 1.29 is 4.79 Å². The first kappa shape index (κ1) is 10.8. The molecule has 2 aromatic rings. The maximum Gasteiger partial charge on any atom is 0.252 e. The molecule has 0 bridgehead atoms. The number of aryl methyl sites for hydroxylation is 1. The molecule has 0 radical (unpaired) electrons. The highest BCUT2D eigenvalue weighted by molar-refractivity contribution is 7.08. The number of carbonyl (C=O) groups excluding carboxylic acids is 1. The van der Waals surface area contributed by atoms with Gasteiger partial charge in [0.05, 0.1) is 11.6 Å². The molecule has 2 heterocycles. The molecule has 84 valence electrons. The molecule has 0 saturated carbocycles. The van der Waals surface area contributed by atoms with Gasteiger partial charge in [-0.1, -0.05) is 0 Å². The number of amides is 1. The largest absolute Gasteiger partial charge is 0.342 e. The van der Waals surface area contributed by atoms with Crippen LogP contribution in [0.3, 0.4) is 0 Å². The van der Waals surface area contributed by atoms with Gasteiger partial charge in [-0.25, -0.2) is 4.98 Å². The molecule has 1 atom stereocenters. The van der Waals surface area contributed by atoms with Crippen molar-refractivity contribution in [1.82, 2.24) is 20.1 Å². The van der Waals surface area contributed by atoms with Crippen molar-refractivity contribution in [3.8, 4) is 0 Å². The molecule has 2 rings (SSSR count). The first-order chi connectivity index (χ1) is 7.68. The predicted molar refractivity (Wildman–Crippen MR) is 61.2 cm³/mol. The average Bonchev–Trinajstić information content (AvgIpc) is 2.86. The molecule has 0 aromatic carbocycles. The fourth-order valence-electron chi connectivity index (χ4n) is 1.44. The third-order valence-electron chi connectivity index (χ3n) is 2.26. The van der Waals surface area contributed by atoms with Gasteiger partial charge in [-0.2, -0.15) is 16.4 Å². The lowest BCUT2D eigenvalue weighted by molar-refractivity contribution is 0.0938. The summed E-state index contributed by atoms with van der Waals surface area (Å²) in [4.78, 5) is 15.9. The topological polar surface area (TPSA) is 59.8 Å². The van der Waals surface area contributed by atoms with Crippen LogP contribution in [0.1, 0.15) is 29.1 Å². The summed E-state index contributed by atoms with van der Waals surface area (Å²) in [5.74, 6) is 0.653. The van der Waals surface area contributed by atoms with Crippen molar-refractivity contribution in [2.45, 2.75) is 13.0 Å². The Morgan fingerprint density at radius 3 is 3.00 bits per heavy atom. The molecule has 1 N–H and O–H groups in total. The number of aromatic nitrogens is 3. The van der Waals surface area contributed by atoms with Crippen molar-refractivity contribution in [2.24, 2.45) is 7.05 Å². The summed E-state index contributed by atoms with van der Waals surface area (Å²) in [5, 5.41) is 10.5. The van der Waals surface area contributed by atoms with E-state index in [-0.39, 0.29) is 11.9 Å². The lowest BCUT2D eigenvalue weighted by atomic mass is 10.2. The van der Waals surface area contributed by atoms with Gasteiger partial charge in [0.1, 0.15) is 12.2 Å². The van der Waals surface area contributed by atoms with E-state index in [1.807, 2.05) is 17.7 Å². The molecule has 0 fully saturated rings. The lowest BCUT2D eigenvalue weighted by Crippen LogP contribution is -2.28. The van der Waals surface area contributed by atoms with Crippen molar-refractivity contribution in [1.29, 1.82) is 0 Å². The lowest BCUT2D eigenvalue weighted by Gasteiger charge is -2.12. The summed E-state index contributed by atoms with van der Waals surface area (Å²) in [7, 11) is 1.80. The normalized spacial score (nSPS) is 12.4. The van der Waals surface area contributed by atoms with E-state index in [0.717, 1.165) is 5.82 Å². The number of hydrogen-bond donors (Lipinski definition) is 1. The molecule has 0 aliphatic carbocycles. The summed E-state index contributed by atoms with van der Waals surface area (Å²) in [6.07, 6.45) is 1.47. The highest BCUT2D eigenvalue weighted by Crippen LogP contribution is 2.10. The van der Waals surface area contributed by atoms with Crippen LogP contribution in [-0.2, 0) is 7.05 Å². The maximum atomic E-state index is 11.8. The van der Waals surface area contributed by atoms with Crippen molar-refractivity contribution in [3.05, 3.63) is 34.5 Å². The molecule has 1 amide bonds. The highest BCUT2D eigenvalue weighted by atomic mass is 32.1. The number of rotatable bonds is 3. The van der Waals surface area contributed by atoms with Crippen molar-refractivity contribution >= 4 is 17.2 Å². The summed E-state index contributed by atoms with van der Waals surface area (Å²) in [6, 6.07) is 1.64. The molecule has 16 heavy (non-hydrogen) atoms. The van der Waals surface area contributed by atoms with E-state index in [2.05, 4.69) is 15.4 Å². The van der Waals surface area contributed by atoms with E-state index in [1.54, 1.807) is 17.8 Å². The maximum absolute atomic E-state index is 11.8. The van der Waals surface area contributed by atoms with E-state index >= 15 is 0 Å². The first-order valence-electron chi connectivity index (χ1n) is 4.85. The van der Waals surface area contributed by atoms with Crippen LogP contribution in [0.25, 0.3) is 0 Å². The molecule has 0 unspecified atom stereocenters. The van der Waals surface area contributed by atoms with Crippen LogP contribution in [-0.4, -0.2) is 20.7 Å². The van der Waals surface area contributed by atoms with Gasteiger partial charge in [-0.05, 0) is 18.4 Å². The number of nitrogens with zero attached hydrogens (tertiary/aromatic N) is 3. The Kier molecular flexibility index (Phi) is 3.00. The molecular formula is C10H12N4OS. The Morgan fingerprint density at radius 1 is 1.62 bits per heavy atom. The minimum Gasteiger partial charge on any atom is -0.342 e. The van der Waals surface area contributed by atoms with Gasteiger partial charge in [0, 0.05) is 12.4 Å². The quantitative estimate of drug-likeness (QED) is 0.875. The average molecular weight is 236 g/mol. The Bertz CT molecular complexity index is 477. The van der Waals surface area contributed by atoms with Gasteiger partial charge in [0.2, 0.25) is 0 Å². The number of thiophene rings is 1. The van der Waals surface area contributed by atoms with E-state index in [4.69, 9.17) is 0 Å². The standard InChI is InChI=1S/C10H12N4OS/c1-7(9-11-6-12-14(9)2)13-10(15)8-3-4-16-5-8/h3-7H,1-2H3,(H,13,15)/t7-/m0/s1. The summed E-state index contributed by atoms with van der Waals surface area (Å²) in [6.45, 7) is 1.88.